The minimum absolute atomic E-state index is 0.112. The fourth-order valence-electron chi connectivity index (χ4n) is 1.69. The first-order chi connectivity index (χ1) is 9.35. The van der Waals surface area contributed by atoms with Crippen LogP contribution in [0.25, 0.3) is 10.6 Å². The molecule has 0 saturated carbocycles. The van der Waals surface area contributed by atoms with Crippen LogP contribution in [0.15, 0.2) is 29.6 Å². The van der Waals surface area contributed by atoms with Gasteiger partial charge in [0.2, 0.25) is 0 Å². The maximum absolute atomic E-state index is 12.1. The Labute approximate surface area is 123 Å². The zero-order chi connectivity index (χ0) is 14.8. The Bertz CT molecular complexity index is 614. The molecular weight excluding hydrogens is 270 g/mol. The summed E-state index contributed by atoms with van der Waals surface area (Å²) in [5, 5.41) is 5.77. The van der Waals surface area contributed by atoms with Crippen molar-refractivity contribution in [1.29, 1.82) is 0 Å². The van der Waals surface area contributed by atoms with Crippen molar-refractivity contribution in [2.45, 2.75) is 26.3 Å². The molecule has 0 unspecified atom stereocenters. The average molecular weight is 289 g/mol. The monoisotopic (exact) mass is 289 g/mol. The van der Waals surface area contributed by atoms with Gasteiger partial charge in [-0.3, -0.25) is 4.79 Å². The lowest BCUT2D eigenvalue weighted by Gasteiger charge is -2.18. The van der Waals surface area contributed by atoms with Crippen LogP contribution in [-0.4, -0.2) is 23.0 Å². The number of nitrogens with two attached hydrogens (primary N) is 1. The van der Waals surface area contributed by atoms with Gasteiger partial charge in [-0.2, -0.15) is 0 Å². The summed E-state index contributed by atoms with van der Waals surface area (Å²) in [5.41, 5.74) is 8.02. The van der Waals surface area contributed by atoms with Gasteiger partial charge in [-0.15, -0.1) is 11.3 Å². The molecular formula is C15H19N3OS. The number of aromatic nitrogens is 1. The van der Waals surface area contributed by atoms with Gasteiger partial charge < -0.3 is 11.1 Å². The number of aryl methyl sites for hydroxylation is 1. The number of carbonyl (C=O) groups excluding carboxylic acids is 1. The van der Waals surface area contributed by atoms with Crippen LogP contribution in [-0.2, 0) is 0 Å². The summed E-state index contributed by atoms with van der Waals surface area (Å²) in [6.07, 6.45) is 0. The molecule has 1 aromatic heterocycles. The number of thiazole rings is 1. The van der Waals surface area contributed by atoms with E-state index < -0.39 is 5.54 Å². The number of nitrogens with zero attached hydrogens (tertiary/aromatic N) is 1. The lowest BCUT2D eigenvalue weighted by atomic mass is 10.1. The third kappa shape index (κ3) is 3.88. The summed E-state index contributed by atoms with van der Waals surface area (Å²) < 4.78 is 0. The second-order valence-corrected chi connectivity index (χ2v) is 6.40. The SMILES string of the molecule is Cc1csc(-c2cccc(C(=O)NCC(C)(C)N)c2)n1. The summed E-state index contributed by atoms with van der Waals surface area (Å²) in [6.45, 7) is 6.15. The summed E-state index contributed by atoms with van der Waals surface area (Å²) in [6, 6.07) is 7.48. The van der Waals surface area contributed by atoms with Crippen LogP contribution in [0, 0.1) is 6.92 Å². The van der Waals surface area contributed by atoms with E-state index in [9.17, 15) is 4.79 Å². The minimum atomic E-state index is -0.417. The minimum Gasteiger partial charge on any atom is -0.350 e. The maximum Gasteiger partial charge on any atom is 0.251 e. The van der Waals surface area contributed by atoms with Crippen LogP contribution in [0.4, 0.5) is 0 Å². The Hall–Kier alpha value is -1.72. The Morgan fingerprint density at radius 2 is 2.20 bits per heavy atom. The van der Waals surface area contributed by atoms with Crippen molar-refractivity contribution in [3.05, 3.63) is 40.9 Å². The molecule has 3 N–H and O–H groups in total. The number of nitrogens with one attached hydrogen (secondary N) is 1. The van der Waals surface area contributed by atoms with Crippen LogP contribution in [0.5, 0.6) is 0 Å². The van der Waals surface area contributed by atoms with Crippen molar-refractivity contribution in [2.24, 2.45) is 5.73 Å². The molecule has 0 spiro atoms. The molecule has 0 radical (unpaired) electrons. The molecule has 0 atom stereocenters. The first-order valence-electron chi connectivity index (χ1n) is 6.45. The molecule has 5 heteroatoms. The van der Waals surface area contributed by atoms with E-state index >= 15 is 0 Å². The Balaban J connectivity index is 2.15. The van der Waals surface area contributed by atoms with Crippen LogP contribution in [0.3, 0.4) is 0 Å². The zero-order valence-electron chi connectivity index (χ0n) is 11.9. The van der Waals surface area contributed by atoms with E-state index in [0.29, 0.717) is 12.1 Å². The lowest BCUT2D eigenvalue weighted by molar-refractivity contribution is 0.0946. The Morgan fingerprint density at radius 3 is 2.80 bits per heavy atom. The number of benzene rings is 1. The predicted octanol–water partition coefficient (Wildman–Crippen LogP) is 2.59. The molecule has 0 aliphatic carbocycles. The number of hydrogen-bond donors (Lipinski definition) is 2. The van der Waals surface area contributed by atoms with E-state index in [1.165, 1.54) is 0 Å². The molecule has 0 fully saturated rings. The van der Waals surface area contributed by atoms with Gasteiger partial charge in [0.1, 0.15) is 5.01 Å². The number of amides is 1. The highest BCUT2D eigenvalue weighted by molar-refractivity contribution is 7.13. The van der Waals surface area contributed by atoms with Gasteiger partial charge in [-0.1, -0.05) is 12.1 Å². The van der Waals surface area contributed by atoms with Crippen molar-refractivity contribution >= 4 is 17.2 Å². The van der Waals surface area contributed by atoms with E-state index in [-0.39, 0.29) is 5.91 Å². The van der Waals surface area contributed by atoms with E-state index in [2.05, 4.69) is 10.3 Å². The first kappa shape index (κ1) is 14.7. The van der Waals surface area contributed by atoms with Gasteiger partial charge in [0, 0.05) is 34.3 Å². The van der Waals surface area contributed by atoms with Crippen molar-refractivity contribution in [3.63, 3.8) is 0 Å². The molecule has 1 amide bonds. The highest BCUT2D eigenvalue weighted by Crippen LogP contribution is 2.24. The van der Waals surface area contributed by atoms with Crippen LogP contribution in [0.2, 0.25) is 0 Å². The summed E-state index contributed by atoms with van der Waals surface area (Å²) in [4.78, 5) is 16.5. The second kappa shape index (κ2) is 5.73. The highest BCUT2D eigenvalue weighted by Gasteiger charge is 2.14. The Morgan fingerprint density at radius 1 is 1.45 bits per heavy atom. The van der Waals surface area contributed by atoms with Crippen LogP contribution >= 0.6 is 11.3 Å². The van der Waals surface area contributed by atoms with Crippen molar-refractivity contribution < 1.29 is 4.79 Å². The molecule has 1 heterocycles. The molecule has 106 valence electrons. The summed E-state index contributed by atoms with van der Waals surface area (Å²) in [5.74, 6) is -0.112. The number of rotatable bonds is 4. The van der Waals surface area contributed by atoms with Gasteiger partial charge in [0.05, 0.1) is 0 Å². The summed E-state index contributed by atoms with van der Waals surface area (Å²) in [7, 11) is 0. The van der Waals surface area contributed by atoms with Crippen molar-refractivity contribution in [1.82, 2.24) is 10.3 Å². The van der Waals surface area contributed by atoms with E-state index in [4.69, 9.17) is 5.73 Å². The van der Waals surface area contributed by atoms with Gasteiger partial charge in [-0.25, -0.2) is 4.98 Å². The number of carbonyl (C=O) groups is 1. The van der Waals surface area contributed by atoms with E-state index in [1.54, 1.807) is 17.4 Å². The molecule has 20 heavy (non-hydrogen) atoms. The van der Waals surface area contributed by atoms with Crippen molar-refractivity contribution in [2.75, 3.05) is 6.54 Å². The predicted molar refractivity (Wildman–Crippen MR) is 82.9 cm³/mol. The zero-order valence-corrected chi connectivity index (χ0v) is 12.8. The van der Waals surface area contributed by atoms with Gasteiger partial charge in [-0.05, 0) is 32.9 Å². The standard InChI is InChI=1S/C15H19N3OS/c1-10-8-20-14(18-10)12-6-4-5-11(7-12)13(19)17-9-15(2,3)16/h4-8H,9,16H2,1-3H3,(H,17,19). The topological polar surface area (TPSA) is 68.0 Å². The van der Waals surface area contributed by atoms with Crippen LogP contribution in [0.1, 0.15) is 29.9 Å². The van der Waals surface area contributed by atoms with E-state index in [1.807, 2.05) is 44.4 Å². The summed E-state index contributed by atoms with van der Waals surface area (Å²) >= 11 is 1.58. The molecule has 0 aliphatic heterocycles. The first-order valence-corrected chi connectivity index (χ1v) is 7.33. The molecule has 4 nitrogen and oxygen atoms in total. The number of hydrogen-bond acceptors (Lipinski definition) is 4. The van der Waals surface area contributed by atoms with Gasteiger partial charge >= 0.3 is 0 Å². The third-order valence-electron chi connectivity index (χ3n) is 2.70. The van der Waals surface area contributed by atoms with Gasteiger partial charge in [0.25, 0.3) is 5.91 Å². The maximum atomic E-state index is 12.1. The average Bonchev–Trinajstić information content (AvgIpc) is 2.82. The lowest BCUT2D eigenvalue weighted by Crippen LogP contribution is -2.45. The fourth-order valence-corrected chi connectivity index (χ4v) is 2.48. The second-order valence-electron chi connectivity index (χ2n) is 5.55. The largest absolute Gasteiger partial charge is 0.350 e. The molecule has 0 saturated heterocycles. The highest BCUT2D eigenvalue weighted by atomic mass is 32.1. The Kier molecular flexibility index (Phi) is 4.20. The molecule has 2 aromatic rings. The molecule has 1 aromatic carbocycles. The smallest absolute Gasteiger partial charge is 0.251 e. The van der Waals surface area contributed by atoms with Crippen molar-refractivity contribution in [3.8, 4) is 10.6 Å². The quantitative estimate of drug-likeness (QED) is 0.909. The molecule has 0 bridgehead atoms. The fraction of sp³-hybridized carbons (Fsp3) is 0.333. The van der Waals surface area contributed by atoms with E-state index in [0.717, 1.165) is 16.3 Å². The third-order valence-corrected chi connectivity index (χ3v) is 3.70. The molecule has 0 aliphatic rings. The molecule has 2 rings (SSSR count). The van der Waals surface area contributed by atoms with Gasteiger partial charge in [0.15, 0.2) is 0 Å². The van der Waals surface area contributed by atoms with Crippen LogP contribution < -0.4 is 11.1 Å². The normalized spacial score (nSPS) is 11.4.